The monoisotopic (exact) mass is 273 g/mol. The van der Waals surface area contributed by atoms with Crippen molar-refractivity contribution in [3.05, 3.63) is 41.0 Å². The van der Waals surface area contributed by atoms with Crippen molar-refractivity contribution in [2.45, 2.75) is 20.4 Å². The number of aromatic nitrogens is 3. The molecule has 0 fully saturated rings. The Labute approximate surface area is 118 Å². The molecule has 0 spiro atoms. The molecule has 0 unspecified atom stereocenters. The molecule has 0 aliphatic heterocycles. The smallest absolute Gasteiger partial charge is 0.254 e. The molecule has 0 aliphatic carbocycles. The fourth-order valence-corrected chi connectivity index (χ4v) is 2.01. The van der Waals surface area contributed by atoms with Crippen LogP contribution in [0.25, 0.3) is 0 Å². The minimum absolute atomic E-state index is 0.0346. The fourth-order valence-electron chi connectivity index (χ4n) is 2.01. The van der Waals surface area contributed by atoms with Crippen molar-refractivity contribution < 1.29 is 4.79 Å². The summed E-state index contributed by atoms with van der Waals surface area (Å²) in [5.41, 5.74) is 2.63. The molecular formula is C14H19N5O. The van der Waals surface area contributed by atoms with Gasteiger partial charge in [0.2, 0.25) is 0 Å². The molecule has 0 saturated heterocycles. The highest BCUT2D eigenvalue weighted by Crippen LogP contribution is 2.16. The minimum Gasteiger partial charge on any atom is -0.388 e. The molecule has 0 saturated carbocycles. The van der Waals surface area contributed by atoms with Gasteiger partial charge >= 0.3 is 0 Å². The highest BCUT2D eigenvalue weighted by Gasteiger charge is 2.16. The number of benzene rings is 1. The molecule has 6 nitrogen and oxygen atoms in total. The van der Waals surface area contributed by atoms with Crippen molar-refractivity contribution in [2.75, 3.05) is 19.4 Å². The average molecular weight is 273 g/mol. The van der Waals surface area contributed by atoms with Gasteiger partial charge in [0, 0.05) is 25.3 Å². The van der Waals surface area contributed by atoms with Crippen LogP contribution in [-0.4, -0.2) is 40.1 Å². The molecule has 0 bridgehead atoms. The van der Waals surface area contributed by atoms with Crippen molar-refractivity contribution >= 4 is 11.6 Å². The molecule has 20 heavy (non-hydrogen) atoms. The first-order valence-electron chi connectivity index (χ1n) is 6.43. The zero-order valence-corrected chi connectivity index (χ0v) is 12.2. The summed E-state index contributed by atoms with van der Waals surface area (Å²) < 4.78 is 0. The Hall–Kier alpha value is -2.37. The van der Waals surface area contributed by atoms with E-state index < -0.39 is 0 Å². The van der Waals surface area contributed by atoms with Crippen molar-refractivity contribution in [2.24, 2.45) is 0 Å². The van der Waals surface area contributed by atoms with Gasteiger partial charge in [-0.25, -0.2) is 4.98 Å². The molecule has 2 rings (SSSR count). The first-order valence-corrected chi connectivity index (χ1v) is 6.43. The molecule has 106 valence electrons. The van der Waals surface area contributed by atoms with E-state index in [0.717, 1.165) is 17.1 Å². The summed E-state index contributed by atoms with van der Waals surface area (Å²) in [6, 6.07) is 5.69. The second kappa shape index (κ2) is 5.73. The lowest BCUT2D eigenvalue weighted by molar-refractivity contribution is 0.0781. The van der Waals surface area contributed by atoms with E-state index in [0.29, 0.717) is 17.9 Å². The van der Waals surface area contributed by atoms with Crippen LogP contribution in [-0.2, 0) is 6.54 Å². The maximum atomic E-state index is 12.4. The molecule has 0 aliphatic rings. The summed E-state index contributed by atoms with van der Waals surface area (Å²) in [5.74, 6) is 1.32. The van der Waals surface area contributed by atoms with Gasteiger partial charge in [0.25, 0.3) is 5.91 Å². The third-order valence-electron chi connectivity index (χ3n) is 3.11. The zero-order chi connectivity index (χ0) is 14.7. The molecule has 2 N–H and O–H groups in total. The summed E-state index contributed by atoms with van der Waals surface area (Å²) in [4.78, 5) is 18.2. The van der Waals surface area contributed by atoms with E-state index in [1.54, 1.807) is 11.9 Å². The topological polar surface area (TPSA) is 73.9 Å². The SMILES string of the molecule is CNc1ccc(C(=O)N(C)Cc2n[nH]c(C)n2)c(C)c1. The third kappa shape index (κ3) is 2.96. The summed E-state index contributed by atoms with van der Waals surface area (Å²) >= 11 is 0. The van der Waals surface area contributed by atoms with Crippen LogP contribution in [0.4, 0.5) is 5.69 Å². The van der Waals surface area contributed by atoms with Crippen molar-refractivity contribution in [1.29, 1.82) is 0 Å². The van der Waals surface area contributed by atoms with Gasteiger partial charge < -0.3 is 10.2 Å². The van der Waals surface area contributed by atoms with Crippen LogP contribution in [0.2, 0.25) is 0 Å². The van der Waals surface area contributed by atoms with Crippen LogP contribution in [0.1, 0.15) is 27.6 Å². The predicted octanol–water partition coefficient (Wildman–Crippen LogP) is 1.74. The van der Waals surface area contributed by atoms with Gasteiger partial charge in [-0.15, -0.1) is 0 Å². The molecular weight excluding hydrogens is 254 g/mol. The zero-order valence-electron chi connectivity index (χ0n) is 12.2. The first kappa shape index (κ1) is 14.0. The summed E-state index contributed by atoms with van der Waals surface area (Å²) in [6.07, 6.45) is 0. The number of amides is 1. The van der Waals surface area contributed by atoms with Gasteiger partial charge in [-0.05, 0) is 37.6 Å². The third-order valence-corrected chi connectivity index (χ3v) is 3.11. The minimum atomic E-state index is -0.0346. The number of carbonyl (C=O) groups excluding carboxylic acids is 1. The number of anilines is 1. The Morgan fingerprint density at radius 2 is 2.15 bits per heavy atom. The number of nitrogens with one attached hydrogen (secondary N) is 2. The average Bonchev–Trinajstić information content (AvgIpc) is 2.83. The van der Waals surface area contributed by atoms with Gasteiger partial charge in [-0.2, -0.15) is 5.10 Å². The van der Waals surface area contributed by atoms with Crippen LogP contribution in [0.15, 0.2) is 18.2 Å². The highest BCUT2D eigenvalue weighted by atomic mass is 16.2. The van der Waals surface area contributed by atoms with Crippen LogP contribution >= 0.6 is 0 Å². The molecule has 6 heteroatoms. The van der Waals surface area contributed by atoms with Crippen LogP contribution in [0.3, 0.4) is 0 Å². The van der Waals surface area contributed by atoms with E-state index in [2.05, 4.69) is 20.5 Å². The first-order chi connectivity index (χ1) is 9.51. The quantitative estimate of drug-likeness (QED) is 0.889. The van der Waals surface area contributed by atoms with Crippen LogP contribution < -0.4 is 5.32 Å². The standard InChI is InChI=1S/C14H19N5O/c1-9-7-11(15-3)5-6-12(9)14(20)19(4)8-13-16-10(2)17-18-13/h5-7,15H,8H2,1-4H3,(H,16,17,18). The van der Waals surface area contributed by atoms with E-state index in [9.17, 15) is 4.79 Å². The number of carbonyl (C=O) groups is 1. The number of H-pyrrole nitrogens is 1. The summed E-state index contributed by atoms with van der Waals surface area (Å²) in [7, 11) is 3.60. The molecule has 0 radical (unpaired) electrons. The van der Waals surface area contributed by atoms with Gasteiger partial charge in [0.15, 0.2) is 5.82 Å². The van der Waals surface area contributed by atoms with Crippen molar-refractivity contribution in [3.8, 4) is 0 Å². The lowest BCUT2D eigenvalue weighted by Crippen LogP contribution is -2.27. The lowest BCUT2D eigenvalue weighted by atomic mass is 10.1. The van der Waals surface area contributed by atoms with Gasteiger partial charge in [-0.3, -0.25) is 9.89 Å². The summed E-state index contributed by atoms with van der Waals surface area (Å²) in [6.45, 7) is 4.15. The van der Waals surface area contributed by atoms with E-state index in [1.165, 1.54) is 0 Å². The van der Waals surface area contributed by atoms with Crippen LogP contribution in [0, 0.1) is 13.8 Å². The van der Waals surface area contributed by atoms with Crippen LogP contribution in [0.5, 0.6) is 0 Å². The van der Waals surface area contributed by atoms with E-state index >= 15 is 0 Å². The van der Waals surface area contributed by atoms with Crippen molar-refractivity contribution in [1.82, 2.24) is 20.1 Å². The van der Waals surface area contributed by atoms with E-state index in [1.807, 2.05) is 39.1 Å². The molecule has 1 amide bonds. The molecule has 1 aromatic carbocycles. The molecule has 1 heterocycles. The number of hydrogen-bond acceptors (Lipinski definition) is 4. The Morgan fingerprint density at radius 1 is 1.40 bits per heavy atom. The Balaban J connectivity index is 2.14. The van der Waals surface area contributed by atoms with Crippen molar-refractivity contribution in [3.63, 3.8) is 0 Å². The van der Waals surface area contributed by atoms with Gasteiger partial charge in [0.1, 0.15) is 5.82 Å². The Morgan fingerprint density at radius 3 is 2.70 bits per heavy atom. The Bertz CT molecular complexity index is 620. The number of nitrogens with zero attached hydrogens (tertiary/aromatic N) is 3. The maximum absolute atomic E-state index is 12.4. The molecule has 0 atom stereocenters. The molecule has 2 aromatic rings. The van der Waals surface area contributed by atoms with E-state index in [-0.39, 0.29) is 5.91 Å². The van der Waals surface area contributed by atoms with Gasteiger partial charge in [0.05, 0.1) is 6.54 Å². The second-order valence-electron chi connectivity index (χ2n) is 4.78. The normalized spacial score (nSPS) is 10.4. The number of rotatable bonds is 4. The second-order valence-corrected chi connectivity index (χ2v) is 4.78. The Kier molecular flexibility index (Phi) is 4.02. The number of aryl methyl sites for hydroxylation is 2. The summed E-state index contributed by atoms with van der Waals surface area (Å²) in [5, 5.41) is 9.87. The van der Waals surface area contributed by atoms with E-state index in [4.69, 9.17) is 0 Å². The number of aromatic amines is 1. The van der Waals surface area contributed by atoms with Gasteiger partial charge in [-0.1, -0.05) is 0 Å². The molecule has 1 aromatic heterocycles. The lowest BCUT2D eigenvalue weighted by Gasteiger charge is -2.17. The number of hydrogen-bond donors (Lipinski definition) is 2. The largest absolute Gasteiger partial charge is 0.388 e. The highest BCUT2D eigenvalue weighted by molar-refractivity contribution is 5.95. The maximum Gasteiger partial charge on any atom is 0.254 e. The fraction of sp³-hybridized carbons (Fsp3) is 0.357. The predicted molar refractivity (Wildman–Crippen MR) is 77.6 cm³/mol.